The fourth-order valence-corrected chi connectivity index (χ4v) is 2.03. The minimum Gasteiger partial charge on any atom is -0.330 e. The molecule has 0 saturated heterocycles. The van der Waals surface area contributed by atoms with E-state index in [1.807, 2.05) is 4.68 Å². The molecule has 0 unspecified atom stereocenters. The summed E-state index contributed by atoms with van der Waals surface area (Å²) in [5, 5.41) is 8.38. The Morgan fingerprint density at radius 2 is 2.29 bits per heavy atom. The van der Waals surface area contributed by atoms with Gasteiger partial charge in [0.1, 0.15) is 0 Å². The molecule has 2 N–H and O–H groups in total. The summed E-state index contributed by atoms with van der Waals surface area (Å²) in [6.45, 7) is 3.70. The molecule has 1 saturated carbocycles. The first-order valence-electron chi connectivity index (χ1n) is 5.49. The SMILES string of the molecule is CCn1nnc(CCN)c1C1CCC1. The summed E-state index contributed by atoms with van der Waals surface area (Å²) in [6.07, 6.45) is 4.81. The predicted octanol–water partition coefficient (Wildman–Crippen LogP) is 1.07. The highest BCUT2D eigenvalue weighted by atomic mass is 15.4. The topological polar surface area (TPSA) is 56.7 Å². The minimum atomic E-state index is 0.669. The van der Waals surface area contributed by atoms with Crippen molar-refractivity contribution in [3.05, 3.63) is 11.4 Å². The van der Waals surface area contributed by atoms with Gasteiger partial charge in [0.2, 0.25) is 0 Å². The normalized spacial score (nSPS) is 17.0. The van der Waals surface area contributed by atoms with Gasteiger partial charge < -0.3 is 5.73 Å². The first kappa shape index (κ1) is 9.65. The van der Waals surface area contributed by atoms with E-state index < -0.39 is 0 Å². The molecule has 1 fully saturated rings. The van der Waals surface area contributed by atoms with Gasteiger partial charge in [-0.1, -0.05) is 11.6 Å². The third-order valence-electron chi connectivity index (χ3n) is 3.02. The highest BCUT2D eigenvalue weighted by Gasteiger charge is 2.26. The number of nitrogens with two attached hydrogens (primary N) is 1. The van der Waals surface area contributed by atoms with Crippen LogP contribution in [0.25, 0.3) is 0 Å². The van der Waals surface area contributed by atoms with Gasteiger partial charge >= 0.3 is 0 Å². The van der Waals surface area contributed by atoms with Gasteiger partial charge in [0.25, 0.3) is 0 Å². The third-order valence-corrected chi connectivity index (χ3v) is 3.02. The van der Waals surface area contributed by atoms with Crippen molar-refractivity contribution >= 4 is 0 Å². The smallest absolute Gasteiger partial charge is 0.0874 e. The molecular weight excluding hydrogens is 176 g/mol. The predicted molar refractivity (Wildman–Crippen MR) is 55.0 cm³/mol. The van der Waals surface area contributed by atoms with E-state index in [0.29, 0.717) is 12.5 Å². The molecule has 78 valence electrons. The molecule has 14 heavy (non-hydrogen) atoms. The first-order valence-corrected chi connectivity index (χ1v) is 5.49. The van der Waals surface area contributed by atoms with Crippen molar-refractivity contribution in [1.29, 1.82) is 0 Å². The van der Waals surface area contributed by atoms with Gasteiger partial charge in [-0.15, -0.1) is 5.10 Å². The second-order valence-corrected chi connectivity index (χ2v) is 3.90. The fraction of sp³-hybridized carbons (Fsp3) is 0.800. The Labute approximate surface area is 84.5 Å². The fourth-order valence-electron chi connectivity index (χ4n) is 2.03. The molecule has 4 heteroatoms. The average Bonchev–Trinajstić information content (AvgIpc) is 2.47. The second kappa shape index (κ2) is 4.09. The maximum Gasteiger partial charge on any atom is 0.0874 e. The van der Waals surface area contributed by atoms with Crippen LogP contribution in [0.1, 0.15) is 43.5 Å². The van der Waals surface area contributed by atoms with Crippen molar-refractivity contribution in [1.82, 2.24) is 15.0 Å². The summed E-state index contributed by atoms with van der Waals surface area (Å²) >= 11 is 0. The van der Waals surface area contributed by atoms with Crippen molar-refractivity contribution in [3.8, 4) is 0 Å². The molecule has 1 heterocycles. The highest BCUT2D eigenvalue weighted by Crippen LogP contribution is 2.37. The summed E-state index contributed by atoms with van der Waals surface area (Å²) in [5.41, 5.74) is 8.04. The Balaban J connectivity index is 2.25. The Hall–Kier alpha value is -0.900. The number of hydrogen-bond donors (Lipinski definition) is 1. The maximum atomic E-state index is 5.56. The minimum absolute atomic E-state index is 0.669. The highest BCUT2D eigenvalue weighted by molar-refractivity contribution is 5.18. The van der Waals surface area contributed by atoms with Crippen LogP contribution in [0.5, 0.6) is 0 Å². The Bertz CT molecular complexity index is 301. The van der Waals surface area contributed by atoms with Crippen LogP contribution in [0, 0.1) is 0 Å². The van der Waals surface area contributed by atoms with Crippen LogP contribution in [-0.2, 0) is 13.0 Å². The van der Waals surface area contributed by atoms with Gasteiger partial charge in [-0.05, 0) is 26.3 Å². The molecule has 1 aliphatic rings. The molecule has 1 aromatic heterocycles. The number of rotatable bonds is 4. The number of aryl methyl sites for hydroxylation is 1. The van der Waals surface area contributed by atoms with Gasteiger partial charge in [0.05, 0.1) is 11.4 Å². The summed E-state index contributed by atoms with van der Waals surface area (Å²) in [4.78, 5) is 0. The van der Waals surface area contributed by atoms with E-state index in [-0.39, 0.29) is 0 Å². The van der Waals surface area contributed by atoms with Gasteiger partial charge in [0.15, 0.2) is 0 Å². The molecule has 0 spiro atoms. The average molecular weight is 194 g/mol. The molecule has 0 atom stereocenters. The van der Waals surface area contributed by atoms with E-state index in [9.17, 15) is 0 Å². The lowest BCUT2D eigenvalue weighted by atomic mass is 9.81. The van der Waals surface area contributed by atoms with Crippen LogP contribution in [0.15, 0.2) is 0 Å². The van der Waals surface area contributed by atoms with Crippen LogP contribution in [0.4, 0.5) is 0 Å². The molecule has 2 rings (SSSR count). The zero-order chi connectivity index (χ0) is 9.97. The molecule has 0 amide bonds. The molecule has 0 aromatic carbocycles. The lowest BCUT2D eigenvalue weighted by molar-refractivity contribution is 0.388. The first-order chi connectivity index (χ1) is 6.86. The van der Waals surface area contributed by atoms with Crippen LogP contribution in [0.2, 0.25) is 0 Å². The summed E-state index contributed by atoms with van der Waals surface area (Å²) < 4.78 is 2.04. The van der Waals surface area contributed by atoms with Gasteiger partial charge in [0, 0.05) is 18.9 Å². The van der Waals surface area contributed by atoms with E-state index in [1.54, 1.807) is 0 Å². The van der Waals surface area contributed by atoms with E-state index in [0.717, 1.165) is 18.7 Å². The Kier molecular flexibility index (Phi) is 2.82. The van der Waals surface area contributed by atoms with Crippen molar-refractivity contribution in [2.75, 3.05) is 6.54 Å². The largest absolute Gasteiger partial charge is 0.330 e. The maximum absolute atomic E-state index is 5.56. The number of hydrogen-bond acceptors (Lipinski definition) is 3. The van der Waals surface area contributed by atoms with Crippen molar-refractivity contribution in [3.63, 3.8) is 0 Å². The van der Waals surface area contributed by atoms with Gasteiger partial charge in [-0.2, -0.15) is 0 Å². The lowest BCUT2D eigenvalue weighted by Crippen LogP contribution is -2.17. The lowest BCUT2D eigenvalue weighted by Gasteiger charge is -2.26. The standard InChI is InChI=1S/C10H18N4/c1-2-14-10(8-4-3-5-8)9(6-7-11)12-13-14/h8H,2-7,11H2,1H3. The molecule has 0 radical (unpaired) electrons. The quantitative estimate of drug-likeness (QED) is 0.780. The molecule has 1 aromatic rings. The van der Waals surface area contributed by atoms with Crippen LogP contribution >= 0.6 is 0 Å². The molecular formula is C10H18N4. The van der Waals surface area contributed by atoms with Gasteiger partial charge in [-0.25, -0.2) is 4.68 Å². The van der Waals surface area contributed by atoms with E-state index in [2.05, 4.69) is 17.2 Å². The Morgan fingerprint density at radius 1 is 1.50 bits per heavy atom. The second-order valence-electron chi connectivity index (χ2n) is 3.90. The van der Waals surface area contributed by atoms with Crippen LogP contribution in [-0.4, -0.2) is 21.5 Å². The summed E-state index contributed by atoms with van der Waals surface area (Å²) in [5.74, 6) is 0.700. The Morgan fingerprint density at radius 3 is 2.79 bits per heavy atom. The van der Waals surface area contributed by atoms with Gasteiger partial charge in [-0.3, -0.25) is 0 Å². The summed E-state index contributed by atoms with van der Waals surface area (Å²) in [7, 11) is 0. The monoisotopic (exact) mass is 194 g/mol. The molecule has 4 nitrogen and oxygen atoms in total. The number of nitrogens with zero attached hydrogens (tertiary/aromatic N) is 3. The van der Waals surface area contributed by atoms with Crippen LogP contribution < -0.4 is 5.73 Å². The zero-order valence-corrected chi connectivity index (χ0v) is 8.74. The van der Waals surface area contributed by atoms with E-state index in [4.69, 9.17) is 5.73 Å². The third kappa shape index (κ3) is 1.54. The molecule has 0 bridgehead atoms. The van der Waals surface area contributed by atoms with Crippen LogP contribution in [0.3, 0.4) is 0 Å². The molecule has 0 aliphatic heterocycles. The number of aromatic nitrogens is 3. The summed E-state index contributed by atoms with van der Waals surface area (Å²) in [6, 6.07) is 0. The zero-order valence-electron chi connectivity index (χ0n) is 8.74. The van der Waals surface area contributed by atoms with E-state index >= 15 is 0 Å². The van der Waals surface area contributed by atoms with Crippen molar-refractivity contribution in [2.24, 2.45) is 5.73 Å². The van der Waals surface area contributed by atoms with Crippen molar-refractivity contribution < 1.29 is 0 Å². The van der Waals surface area contributed by atoms with E-state index in [1.165, 1.54) is 25.0 Å². The molecule has 1 aliphatic carbocycles. The van der Waals surface area contributed by atoms with Crippen molar-refractivity contribution in [2.45, 2.75) is 45.1 Å².